The first-order valence-electron chi connectivity index (χ1n) is 10.7. The van der Waals surface area contributed by atoms with Gasteiger partial charge in [-0.2, -0.15) is 4.31 Å². The quantitative estimate of drug-likeness (QED) is 0.454. The van der Waals surface area contributed by atoms with E-state index in [1.54, 1.807) is 42.5 Å². The van der Waals surface area contributed by atoms with Gasteiger partial charge in [-0.25, -0.2) is 8.42 Å². The Morgan fingerprint density at radius 1 is 1.06 bits per heavy atom. The predicted molar refractivity (Wildman–Crippen MR) is 130 cm³/mol. The zero-order valence-electron chi connectivity index (χ0n) is 17.9. The van der Waals surface area contributed by atoms with Crippen LogP contribution in [0.3, 0.4) is 0 Å². The van der Waals surface area contributed by atoms with Crippen molar-refractivity contribution in [3.63, 3.8) is 0 Å². The molecule has 1 aliphatic heterocycles. The zero-order valence-corrected chi connectivity index (χ0v) is 19.5. The predicted octanol–water partition coefficient (Wildman–Crippen LogP) is 4.65. The summed E-state index contributed by atoms with van der Waals surface area (Å²) in [6.07, 6.45) is 0.592. The normalized spacial score (nSPS) is 16.6. The number of sulfonamides is 1. The van der Waals surface area contributed by atoms with Gasteiger partial charge < -0.3 is 10.4 Å². The minimum Gasteiger partial charge on any atom is -0.392 e. The van der Waals surface area contributed by atoms with Gasteiger partial charge in [0.25, 0.3) is 0 Å². The number of aliphatic hydroxyl groups excluding tert-OH is 1. The van der Waals surface area contributed by atoms with Gasteiger partial charge in [0.2, 0.25) is 10.0 Å². The van der Waals surface area contributed by atoms with Gasteiger partial charge >= 0.3 is 0 Å². The molecule has 0 saturated carbocycles. The summed E-state index contributed by atoms with van der Waals surface area (Å²) in [6.45, 7) is 0.444. The summed E-state index contributed by atoms with van der Waals surface area (Å²) in [7, 11) is -3.62. The van der Waals surface area contributed by atoms with Crippen molar-refractivity contribution in [1.82, 2.24) is 4.31 Å². The van der Waals surface area contributed by atoms with Crippen LogP contribution in [0.15, 0.2) is 77.7 Å². The number of halogens is 1. The summed E-state index contributed by atoms with van der Waals surface area (Å²) in [5.74, 6) is -0.0344. The molecule has 1 unspecified atom stereocenters. The van der Waals surface area contributed by atoms with Crippen LogP contribution in [0.5, 0.6) is 0 Å². The number of hydrogen-bond acceptors (Lipinski definition) is 5. The van der Waals surface area contributed by atoms with Gasteiger partial charge in [0.05, 0.1) is 16.7 Å². The second kappa shape index (κ2) is 10.1. The lowest BCUT2D eigenvalue weighted by Crippen LogP contribution is -2.29. The van der Waals surface area contributed by atoms with Crippen molar-refractivity contribution in [3.8, 4) is 0 Å². The van der Waals surface area contributed by atoms with Crippen molar-refractivity contribution in [2.24, 2.45) is 0 Å². The highest BCUT2D eigenvalue weighted by atomic mass is 35.5. The number of Topliss-reactive ketones (excluding diaryl/α,β-unsaturated/α-hetero) is 1. The number of aliphatic hydroxyl groups is 1. The molecule has 1 saturated heterocycles. The highest BCUT2D eigenvalue weighted by molar-refractivity contribution is 7.89. The third-order valence-corrected chi connectivity index (χ3v) is 7.78. The first-order chi connectivity index (χ1) is 15.8. The number of rotatable bonds is 8. The Labute approximate surface area is 198 Å². The van der Waals surface area contributed by atoms with Crippen molar-refractivity contribution < 1.29 is 18.3 Å². The average Bonchev–Trinajstić information content (AvgIpc) is 3.26. The molecule has 0 aliphatic carbocycles. The van der Waals surface area contributed by atoms with Gasteiger partial charge in [-0.3, -0.25) is 4.79 Å². The molecule has 3 aromatic carbocycles. The van der Waals surface area contributed by atoms with E-state index in [1.807, 2.05) is 30.3 Å². The summed E-state index contributed by atoms with van der Waals surface area (Å²) < 4.78 is 26.7. The van der Waals surface area contributed by atoms with Crippen LogP contribution in [0.1, 0.15) is 28.8 Å². The van der Waals surface area contributed by atoms with E-state index in [4.69, 9.17) is 11.6 Å². The van der Waals surface area contributed by atoms with Crippen LogP contribution < -0.4 is 5.32 Å². The maximum Gasteiger partial charge on any atom is 0.243 e. The number of carbonyl (C=O) groups excluding carboxylic acids is 1. The van der Waals surface area contributed by atoms with E-state index in [-0.39, 0.29) is 23.6 Å². The smallest absolute Gasteiger partial charge is 0.243 e. The van der Waals surface area contributed by atoms with Crippen LogP contribution in [-0.4, -0.2) is 42.8 Å². The molecule has 8 heteroatoms. The third-order valence-electron chi connectivity index (χ3n) is 5.66. The summed E-state index contributed by atoms with van der Waals surface area (Å²) in [5.41, 5.74) is 2.93. The molecule has 1 fully saturated rings. The lowest BCUT2D eigenvalue weighted by Gasteiger charge is -2.16. The molecule has 2 N–H and O–H groups in total. The molecule has 3 aromatic rings. The molecule has 33 heavy (non-hydrogen) atoms. The number of benzene rings is 3. The number of anilines is 2. The van der Waals surface area contributed by atoms with E-state index in [0.717, 1.165) is 11.3 Å². The van der Waals surface area contributed by atoms with E-state index in [1.165, 1.54) is 4.31 Å². The first-order valence-corrected chi connectivity index (χ1v) is 12.6. The Balaban J connectivity index is 1.43. The molecule has 0 aromatic heterocycles. The molecule has 0 radical (unpaired) electrons. The molecule has 1 aliphatic rings. The summed E-state index contributed by atoms with van der Waals surface area (Å²) in [5, 5.41) is 13.4. The number of aryl methyl sites for hydroxylation is 1. The fraction of sp³-hybridized carbons (Fsp3) is 0.240. The van der Waals surface area contributed by atoms with Crippen LogP contribution in [0.4, 0.5) is 11.4 Å². The SMILES string of the molecule is O=C(CCc1ccc(S(=O)(=O)N2CCC(O)C2)cc1)c1ccc(Cl)cc1Nc1ccccc1. The highest BCUT2D eigenvalue weighted by Gasteiger charge is 2.31. The fourth-order valence-corrected chi connectivity index (χ4v) is 5.50. The van der Waals surface area contributed by atoms with Gasteiger partial charge in [-0.15, -0.1) is 0 Å². The molecular weight excluding hydrogens is 460 g/mol. The van der Waals surface area contributed by atoms with Crippen LogP contribution in [0.25, 0.3) is 0 Å². The monoisotopic (exact) mass is 484 g/mol. The Morgan fingerprint density at radius 2 is 1.79 bits per heavy atom. The van der Waals surface area contributed by atoms with E-state index < -0.39 is 16.1 Å². The lowest BCUT2D eigenvalue weighted by molar-refractivity contribution is 0.0983. The van der Waals surface area contributed by atoms with Crippen molar-refractivity contribution in [2.45, 2.75) is 30.3 Å². The first kappa shape index (κ1) is 23.4. The standard InChI is InChI=1S/C25H25ClN2O4S/c26-19-9-12-23(24(16-19)27-20-4-2-1-3-5-20)25(30)13-8-18-6-10-22(11-7-18)33(31,32)28-15-14-21(29)17-28/h1-7,9-12,16,21,27,29H,8,13-15,17H2. The average molecular weight is 485 g/mol. The van der Waals surface area contributed by atoms with E-state index in [0.29, 0.717) is 35.7 Å². The summed E-state index contributed by atoms with van der Waals surface area (Å²) in [4.78, 5) is 13.2. The maximum atomic E-state index is 13.0. The van der Waals surface area contributed by atoms with E-state index >= 15 is 0 Å². The molecule has 4 rings (SSSR count). The number of ketones is 1. The molecule has 0 amide bonds. The van der Waals surface area contributed by atoms with Crippen LogP contribution in [-0.2, 0) is 16.4 Å². The molecular formula is C25H25ClN2O4S. The second-order valence-corrected chi connectivity index (χ2v) is 10.4. The van der Waals surface area contributed by atoms with Crippen LogP contribution >= 0.6 is 11.6 Å². The lowest BCUT2D eigenvalue weighted by atomic mass is 10.0. The van der Waals surface area contributed by atoms with E-state index in [9.17, 15) is 18.3 Å². The van der Waals surface area contributed by atoms with Crippen molar-refractivity contribution in [3.05, 3.63) is 88.9 Å². The number of hydrogen-bond donors (Lipinski definition) is 2. The number of nitrogens with one attached hydrogen (secondary N) is 1. The molecule has 1 heterocycles. The molecule has 0 bridgehead atoms. The fourth-order valence-electron chi connectivity index (χ4n) is 3.84. The molecule has 172 valence electrons. The Kier molecular flexibility index (Phi) is 7.14. The van der Waals surface area contributed by atoms with Crippen molar-refractivity contribution in [1.29, 1.82) is 0 Å². The maximum absolute atomic E-state index is 13.0. The Morgan fingerprint density at radius 3 is 2.45 bits per heavy atom. The van der Waals surface area contributed by atoms with E-state index in [2.05, 4.69) is 5.32 Å². The largest absolute Gasteiger partial charge is 0.392 e. The highest BCUT2D eigenvalue weighted by Crippen LogP contribution is 2.27. The molecule has 0 spiro atoms. The van der Waals surface area contributed by atoms with Crippen molar-refractivity contribution >= 4 is 38.8 Å². The minimum atomic E-state index is -3.62. The minimum absolute atomic E-state index is 0.0344. The van der Waals surface area contributed by atoms with Crippen LogP contribution in [0, 0.1) is 0 Å². The topological polar surface area (TPSA) is 86.7 Å². The second-order valence-electron chi connectivity index (χ2n) is 8.05. The van der Waals surface area contributed by atoms with Crippen molar-refractivity contribution in [2.75, 3.05) is 18.4 Å². The Hall–Kier alpha value is -2.71. The number of para-hydroxylation sites is 1. The van der Waals surface area contributed by atoms with Crippen LogP contribution in [0.2, 0.25) is 5.02 Å². The van der Waals surface area contributed by atoms with Gasteiger partial charge in [-0.05, 0) is 60.9 Å². The number of nitrogens with zero attached hydrogens (tertiary/aromatic N) is 1. The third kappa shape index (κ3) is 5.62. The Bertz CT molecular complexity index is 1230. The summed E-state index contributed by atoms with van der Waals surface area (Å²) >= 11 is 6.15. The van der Waals surface area contributed by atoms with Gasteiger partial charge in [0.15, 0.2) is 5.78 Å². The number of carbonyl (C=O) groups is 1. The van der Waals surface area contributed by atoms with Gasteiger partial charge in [0.1, 0.15) is 0 Å². The zero-order chi connectivity index (χ0) is 23.4. The van der Waals surface area contributed by atoms with Gasteiger partial charge in [0, 0.05) is 35.8 Å². The number of β-amino-alcohol motifs (C(OH)–C–C–N with tert-alkyl or cyclic N) is 1. The van der Waals surface area contributed by atoms with Gasteiger partial charge in [-0.1, -0.05) is 41.9 Å². The summed E-state index contributed by atoms with van der Waals surface area (Å²) in [6, 6.07) is 21.3. The molecule has 1 atom stereocenters. The molecule has 6 nitrogen and oxygen atoms in total.